The maximum atomic E-state index is 9.71. The summed E-state index contributed by atoms with van der Waals surface area (Å²) in [6.07, 6.45) is 2.21. The Morgan fingerprint density at radius 2 is 1.83 bits per heavy atom. The molecule has 0 aliphatic carbocycles. The van der Waals surface area contributed by atoms with Crippen LogP contribution in [0.25, 0.3) is 0 Å². The molecule has 0 spiro atoms. The highest BCUT2D eigenvalue weighted by Gasteiger charge is 2.22. The molecule has 0 radical (unpaired) electrons. The largest absolute Gasteiger partial charge is 0.379 e. The predicted octanol–water partition coefficient (Wildman–Crippen LogP) is 1.42. The number of anilines is 2. The van der Waals surface area contributed by atoms with Crippen molar-refractivity contribution in [1.82, 2.24) is 14.9 Å². The SMILES string of the molecule is Cc1ccc(Cc2cnc(N)nc2N2CCN(C(C)O)CC2)cc1. The van der Waals surface area contributed by atoms with Gasteiger partial charge in [0.05, 0.1) is 0 Å². The van der Waals surface area contributed by atoms with E-state index in [9.17, 15) is 5.11 Å². The number of benzene rings is 1. The number of nitrogens with two attached hydrogens (primary N) is 1. The van der Waals surface area contributed by atoms with Crippen molar-refractivity contribution in [3.05, 3.63) is 47.2 Å². The highest BCUT2D eigenvalue weighted by Crippen LogP contribution is 2.23. The monoisotopic (exact) mass is 327 g/mol. The fraction of sp³-hybridized carbons (Fsp3) is 0.444. The Bertz CT molecular complexity index is 678. The molecule has 6 heteroatoms. The Hall–Kier alpha value is -2.18. The fourth-order valence-corrected chi connectivity index (χ4v) is 3.04. The molecule has 3 N–H and O–H groups in total. The third-order valence-corrected chi connectivity index (χ3v) is 4.52. The van der Waals surface area contributed by atoms with Gasteiger partial charge in [0.2, 0.25) is 5.95 Å². The van der Waals surface area contributed by atoms with Gasteiger partial charge in [0.15, 0.2) is 0 Å². The van der Waals surface area contributed by atoms with Crippen LogP contribution in [-0.4, -0.2) is 52.4 Å². The second kappa shape index (κ2) is 7.15. The van der Waals surface area contributed by atoms with Gasteiger partial charge in [-0.3, -0.25) is 4.90 Å². The first kappa shape index (κ1) is 16.7. The molecule has 2 heterocycles. The summed E-state index contributed by atoms with van der Waals surface area (Å²) in [5, 5.41) is 9.71. The Labute approximate surface area is 142 Å². The van der Waals surface area contributed by atoms with Gasteiger partial charge in [-0.15, -0.1) is 0 Å². The van der Waals surface area contributed by atoms with Gasteiger partial charge in [-0.25, -0.2) is 4.98 Å². The summed E-state index contributed by atoms with van der Waals surface area (Å²) in [6, 6.07) is 8.52. The first-order chi connectivity index (χ1) is 11.5. The first-order valence-electron chi connectivity index (χ1n) is 8.37. The highest BCUT2D eigenvalue weighted by molar-refractivity contribution is 5.51. The van der Waals surface area contributed by atoms with Crippen LogP contribution in [0.4, 0.5) is 11.8 Å². The van der Waals surface area contributed by atoms with Crippen LogP contribution < -0.4 is 10.6 Å². The molecule has 24 heavy (non-hydrogen) atoms. The van der Waals surface area contributed by atoms with Crippen molar-refractivity contribution in [2.45, 2.75) is 26.5 Å². The number of aryl methyl sites for hydroxylation is 1. The van der Waals surface area contributed by atoms with Gasteiger partial charge in [-0.05, 0) is 19.4 Å². The van der Waals surface area contributed by atoms with E-state index in [4.69, 9.17) is 5.73 Å². The summed E-state index contributed by atoms with van der Waals surface area (Å²) >= 11 is 0. The number of rotatable bonds is 4. The first-order valence-corrected chi connectivity index (χ1v) is 8.37. The van der Waals surface area contributed by atoms with Crippen molar-refractivity contribution in [2.75, 3.05) is 36.8 Å². The molecule has 0 amide bonds. The quantitative estimate of drug-likeness (QED) is 0.884. The van der Waals surface area contributed by atoms with E-state index >= 15 is 0 Å². The second-order valence-corrected chi connectivity index (χ2v) is 6.39. The van der Waals surface area contributed by atoms with Gasteiger partial charge < -0.3 is 15.7 Å². The van der Waals surface area contributed by atoms with Crippen LogP contribution in [0, 0.1) is 6.92 Å². The Morgan fingerprint density at radius 1 is 1.17 bits per heavy atom. The summed E-state index contributed by atoms with van der Waals surface area (Å²) in [7, 11) is 0. The Morgan fingerprint density at radius 3 is 2.46 bits per heavy atom. The molecular formula is C18H25N5O. The summed E-state index contributed by atoms with van der Waals surface area (Å²) in [5.74, 6) is 1.21. The van der Waals surface area contributed by atoms with E-state index in [2.05, 4.69) is 51.0 Å². The summed E-state index contributed by atoms with van der Waals surface area (Å²) in [6.45, 7) is 7.16. The Balaban J connectivity index is 1.80. The number of piperazine rings is 1. The van der Waals surface area contributed by atoms with Crippen molar-refractivity contribution < 1.29 is 5.11 Å². The number of aliphatic hydroxyl groups is 1. The van der Waals surface area contributed by atoms with Crippen LogP contribution in [-0.2, 0) is 6.42 Å². The van der Waals surface area contributed by atoms with Gasteiger partial charge in [0.1, 0.15) is 12.0 Å². The number of nitrogens with zero attached hydrogens (tertiary/aromatic N) is 4. The molecule has 6 nitrogen and oxygen atoms in total. The molecule has 1 saturated heterocycles. The lowest BCUT2D eigenvalue weighted by atomic mass is 10.0. The number of aliphatic hydroxyl groups excluding tert-OH is 1. The molecule has 1 atom stereocenters. The lowest BCUT2D eigenvalue weighted by Crippen LogP contribution is -2.50. The topological polar surface area (TPSA) is 78.5 Å². The minimum atomic E-state index is -0.408. The Kier molecular flexibility index (Phi) is 4.97. The number of nitrogen functional groups attached to an aromatic ring is 1. The van der Waals surface area contributed by atoms with Gasteiger partial charge in [-0.2, -0.15) is 4.98 Å². The molecule has 2 aromatic rings. The molecular weight excluding hydrogens is 302 g/mol. The van der Waals surface area contributed by atoms with Crippen molar-refractivity contribution in [2.24, 2.45) is 0 Å². The van der Waals surface area contributed by atoms with E-state index in [1.54, 1.807) is 6.92 Å². The van der Waals surface area contributed by atoms with Gasteiger partial charge in [-0.1, -0.05) is 29.8 Å². The molecule has 1 unspecified atom stereocenters. The van der Waals surface area contributed by atoms with Crippen molar-refractivity contribution in [3.8, 4) is 0 Å². The number of hydrogen-bond donors (Lipinski definition) is 2. The predicted molar refractivity (Wildman–Crippen MR) is 95.9 cm³/mol. The molecule has 0 bridgehead atoms. The molecule has 1 aliphatic rings. The third-order valence-electron chi connectivity index (χ3n) is 4.52. The number of hydrogen-bond acceptors (Lipinski definition) is 6. The van der Waals surface area contributed by atoms with E-state index in [1.165, 1.54) is 11.1 Å². The lowest BCUT2D eigenvalue weighted by molar-refractivity contribution is 0.0152. The second-order valence-electron chi connectivity index (χ2n) is 6.39. The van der Waals surface area contributed by atoms with E-state index in [0.29, 0.717) is 5.95 Å². The van der Waals surface area contributed by atoms with Crippen LogP contribution in [0.15, 0.2) is 30.5 Å². The summed E-state index contributed by atoms with van der Waals surface area (Å²) < 4.78 is 0. The van der Waals surface area contributed by atoms with Gasteiger partial charge in [0, 0.05) is 44.4 Å². The number of aromatic nitrogens is 2. The molecule has 0 saturated carbocycles. The minimum Gasteiger partial charge on any atom is -0.379 e. The van der Waals surface area contributed by atoms with Crippen molar-refractivity contribution in [3.63, 3.8) is 0 Å². The van der Waals surface area contributed by atoms with Crippen LogP contribution in [0.5, 0.6) is 0 Å². The maximum absolute atomic E-state index is 9.71. The standard InChI is InChI=1S/C18H25N5O/c1-13-3-5-15(6-4-13)11-16-12-20-18(19)21-17(16)23-9-7-22(8-10-23)14(2)24/h3-6,12,14,24H,7-11H2,1-2H3,(H2,19,20,21). The van der Waals surface area contributed by atoms with E-state index in [1.807, 2.05) is 6.20 Å². The van der Waals surface area contributed by atoms with E-state index < -0.39 is 6.23 Å². The highest BCUT2D eigenvalue weighted by atomic mass is 16.3. The molecule has 1 aromatic heterocycles. The minimum absolute atomic E-state index is 0.301. The molecule has 3 rings (SSSR count). The summed E-state index contributed by atoms with van der Waals surface area (Å²) in [5.41, 5.74) is 9.39. The molecule has 1 fully saturated rings. The van der Waals surface area contributed by atoms with Gasteiger partial charge >= 0.3 is 0 Å². The molecule has 1 aromatic carbocycles. The average Bonchev–Trinajstić information content (AvgIpc) is 2.58. The molecule has 128 valence electrons. The van der Waals surface area contributed by atoms with Crippen molar-refractivity contribution in [1.29, 1.82) is 0 Å². The normalized spacial score (nSPS) is 17.0. The van der Waals surface area contributed by atoms with E-state index in [0.717, 1.165) is 44.0 Å². The van der Waals surface area contributed by atoms with Crippen LogP contribution in [0.1, 0.15) is 23.6 Å². The van der Waals surface area contributed by atoms with E-state index in [-0.39, 0.29) is 0 Å². The maximum Gasteiger partial charge on any atom is 0.221 e. The zero-order chi connectivity index (χ0) is 17.1. The van der Waals surface area contributed by atoms with Gasteiger partial charge in [0.25, 0.3) is 0 Å². The van der Waals surface area contributed by atoms with Crippen molar-refractivity contribution >= 4 is 11.8 Å². The lowest BCUT2D eigenvalue weighted by Gasteiger charge is -2.37. The molecule has 1 aliphatic heterocycles. The third kappa shape index (κ3) is 3.83. The average molecular weight is 327 g/mol. The van der Waals surface area contributed by atoms with Crippen LogP contribution in [0.2, 0.25) is 0 Å². The van der Waals surface area contributed by atoms with Crippen LogP contribution in [0.3, 0.4) is 0 Å². The zero-order valence-electron chi connectivity index (χ0n) is 14.3. The zero-order valence-corrected chi connectivity index (χ0v) is 14.3. The van der Waals surface area contributed by atoms with Crippen LogP contribution >= 0.6 is 0 Å². The fourth-order valence-electron chi connectivity index (χ4n) is 3.04. The smallest absolute Gasteiger partial charge is 0.221 e. The summed E-state index contributed by atoms with van der Waals surface area (Å²) in [4.78, 5) is 13.0.